The van der Waals surface area contributed by atoms with Crippen LogP contribution in [0.5, 0.6) is 5.75 Å². The summed E-state index contributed by atoms with van der Waals surface area (Å²) in [6.45, 7) is 2.02. The molecule has 0 aromatic carbocycles. The molecule has 0 fully saturated rings. The van der Waals surface area contributed by atoms with Crippen molar-refractivity contribution in [2.45, 2.75) is 6.92 Å². The molecule has 0 aliphatic heterocycles. The summed E-state index contributed by atoms with van der Waals surface area (Å²) in [6.07, 6.45) is 1.69. The van der Waals surface area contributed by atoms with Crippen LogP contribution in [0.15, 0.2) is 29.8 Å². The first-order chi connectivity index (χ1) is 6.29. The van der Waals surface area contributed by atoms with Crippen LogP contribution in [-0.4, -0.2) is 10.1 Å². The smallest absolute Gasteiger partial charge is 0.141 e. The molecule has 13 heavy (non-hydrogen) atoms. The van der Waals surface area contributed by atoms with E-state index in [-0.39, 0.29) is 5.75 Å². The Bertz CT molecular complexity index is 422. The van der Waals surface area contributed by atoms with Crippen molar-refractivity contribution in [3.63, 3.8) is 0 Å². The van der Waals surface area contributed by atoms with Crippen LogP contribution >= 0.6 is 11.3 Å². The average Bonchev–Trinajstić information content (AvgIpc) is 2.52. The predicted molar refractivity (Wildman–Crippen MR) is 54.0 cm³/mol. The molecule has 0 atom stereocenters. The first-order valence-electron chi connectivity index (χ1n) is 3.97. The van der Waals surface area contributed by atoms with Crippen LogP contribution in [0.2, 0.25) is 0 Å². The standard InChI is InChI=1S/C10H9NOS/c1-7-8(4-6-13-7)10-9(12)3-2-5-11-10/h2-6,12H,1H3. The van der Waals surface area contributed by atoms with Crippen molar-refractivity contribution in [1.82, 2.24) is 4.98 Å². The van der Waals surface area contributed by atoms with Crippen LogP contribution in [0.25, 0.3) is 11.3 Å². The third-order valence-corrected chi connectivity index (χ3v) is 2.75. The van der Waals surface area contributed by atoms with E-state index in [0.29, 0.717) is 5.69 Å². The van der Waals surface area contributed by atoms with E-state index in [0.717, 1.165) is 5.56 Å². The highest BCUT2D eigenvalue weighted by Gasteiger charge is 2.07. The maximum Gasteiger partial charge on any atom is 0.141 e. The van der Waals surface area contributed by atoms with Crippen LogP contribution in [0.4, 0.5) is 0 Å². The zero-order valence-corrected chi connectivity index (χ0v) is 8.01. The fourth-order valence-corrected chi connectivity index (χ4v) is 1.93. The number of aromatic nitrogens is 1. The van der Waals surface area contributed by atoms with Crippen molar-refractivity contribution in [2.24, 2.45) is 0 Å². The Morgan fingerprint density at radius 2 is 2.23 bits per heavy atom. The zero-order valence-electron chi connectivity index (χ0n) is 7.19. The van der Waals surface area contributed by atoms with Gasteiger partial charge in [-0.1, -0.05) is 0 Å². The molecule has 1 N–H and O–H groups in total. The topological polar surface area (TPSA) is 33.1 Å². The zero-order chi connectivity index (χ0) is 9.26. The SMILES string of the molecule is Cc1sccc1-c1ncccc1O. The third kappa shape index (κ3) is 1.42. The van der Waals surface area contributed by atoms with Crippen molar-refractivity contribution in [3.8, 4) is 17.0 Å². The van der Waals surface area contributed by atoms with Gasteiger partial charge in [-0.2, -0.15) is 0 Å². The Morgan fingerprint density at radius 1 is 1.38 bits per heavy atom. The molecular weight excluding hydrogens is 182 g/mol. The number of aryl methyl sites for hydroxylation is 1. The number of hydrogen-bond acceptors (Lipinski definition) is 3. The summed E-state index contributed by atoms with van der Waals surface area (Å²) in [5.41, 5.74) is 1.68. The second kappa shape index (κ2) is 3.18. The largest absolute Gasteiger partial charge is 0.506 e. The van der Waals surface area contributed by atoms with Gasteiger partial charge in [0.1, 0.15) is 11.4 Å². The van der Waals surface area contributed by atoms with Gasteiger partial charge in [0.2, 0.25) is 0 Å². The number of pyridine rings is 1. The van der Waals surface area contributed by atoms with Crippen LogP contribution in [0.1, 0.15) is 4.88 Å². The van der Waals surface area contributed by atoms with Crippen LogP contribution in [0.3, 0.4) is 0 Å². The van der Waals surface area contributed by atoms with Crippen LogP contribution in [0, 0.1) is 6.92 Å². The minimum absolute atomic E-state index is 0.240. The Labute approximate surface area is 80.5 Å². The molecule has 0 aliphatic rings. The van der Waals surface area contributed by atoms with E-state index >= 15 is 0 Å². The molecule has 0 aliphatic carbocycles. The summed E-state index contributed by atoms with van der Waals surface area (Å²) in [5.74, 6) is 0.240. The summed E-state index contributed by atoms with van der Waals surface area (Å²) >= 11 is 1.66. The monoisotopic (exact) mass is 191 g/mol. The first kappa shape index (κ1) is 8.26. The summed E-state index contributed by atoms with van der Waals surface area (Å²) in [6, 6.07) is 5.35. The number of hydrogen-bond donors (Lipinski definition) is 1. The summed E-state index contributed by atoms with van der Waals surface area (Å²) < 4.78 is 0. The molecule has 66 valence electrons. The van der Waals surface area contributed by atoms with Gasteiger partial charge in [0.15, 0.2) is 0 Å². The van der Waals surface area contributed by atoms with E-state index in [9.17, 15) is 5.11 Å². The average molecular weight is 191 g/mol. The van der Waals surface area contributed by atoms with E-state index < -0.39 is 0 Å². The van der Waals surface area contributed by atoms with Crippen molar-refractivity contribution in [3.05, 3.63) is 34.7 Å². The highest BCUT2D eigenvalue weighted by molar-refractivity contribution is 7.10. The Balaban J connectivity index is 2.59. The van der Waals surface area contributed by atoms with Crippen molar-refractivity contribution in [2.75, 3.05) is 0 Å². The molecule has 0 unspecified atom stereocenters. The van der Waals surface area contributed by atoms with Crippen LogP contribution < -0.4 is 0 Å². The minimum atomic E-state index is 0.240. The number of aromatic hydroxyl groups is 1. The van der Waals surface area contributed by atoms with Crippen LogP contribution in [-0.2, 0) is 0 Å². The quantitative estimate of drug-likeness (QED) is 0.751. The molecule has 0 bridgehead atoms. The predicted octanol–water partition coefficient (Wildman–Crippen LogP) is 2.82. The molecule has 0 saturated carbocycles. The lowest BCUT2D eigenvalue weighted by Crippen LogP contribution is -1.82. The molecular formula is C10H9NOS. The molecule has 0 radical (unpaired) electrons. The summed E-state index contributed by atoms with van der Waals surface area (Å²) in [7, 11) is 0. The van der Waals surface area contributed by atoms with E-state index in [1.54, 1.807) is 29.7 Å². The fourth-order valence-electron chi connectivity index (χ4n) is 1.23. The summed E-state index contributed by atoms with van der Waals surface area (Å²) in [4.78, 5) is 5.31. The van der Waals surface area contributed by atoms with Gasteiger partial charge >= 0.3 is 0 Å². The number of nitrogens with zero attached hydrogens (tertiary/aromatic N) is 1. The summed E-state index contributed by atoms with van der Waals surface area (Å²) in [5, 5.41) is 11.5. The van der Waals surface area contributed by atoms with Crippen molar-refractivity contribution < 1.29 is 5.11 Å². The van der Waals surface area contributed by atoms with Gasteiger partial charge in [-0.15, -0.1) is 11.3 Å². The second-order valence-electron chi connectivity index (χ2n) is 2.76. The van der Waals surface area contributed by atoms with Gasteiger partial charge in [-0.3, -0.25) is 4.98 Å². The highest BCUT2D eigenvalue weighted by atomic mass is 32.1. The normalized spacial score (nSPS) is 10.2. The van der Waals surface area contributed by atoms with Gasteiger partial charge in [0.25, 0.3) is 0 Å². The molecule has 2 heterocycles. The lowest BCUT2D eigenvalue weighted by molar-refractivity contribution is 0.475. The minimum Gasteiger partial charge on any atom is -0.506 e. The van der Waals surface area contributed by atoms with Crippen molar-refractivity contribution in [1.29, 1.82) is 0 Å². The van der Waals surface area contributed by atoms with E-state index in [1.807, 2.05) is 18.4 Å². The molecule has 0 amide bonds. The Kier molecular flexibility index (Phi) is 2.02. The first-order valence-corrected chi connectivity index (χ1v) is 4.85. The van der Waals surface area contributed by atoms with Gasteiger partial charge in [-0.05, 0) is 30.5 Å². The lowest BCUT2D eigenvalue weighted by Gasteiger charge is -2.00. The highest BCUT2D eigenvalue weighted by Crippen LogP contribution is 2.31. The molecule has 0 spiro atoms. The molecule has 2 aromatic heterocycles. The van der Waals surface area contributed by atoms with E-state index in [1.165, 1.54) is 4.88 Å². The molecule has 0 saturated heterocycles. The number of thiophene rings is 1. The maximum atomic E-state index is 9.55. The van der Waals surface area contributed by atoms with Gasteiger partial charge in [0, 0.05) is 16.6 Å². The second-order valence-corrected chi connectivity index (χ2v) is 3.88. The molecule has 2 rings (SSSR count). The molecule has 3 heteroatoms. The van der Waals surface area contributed by atoms with E-state index in [4.69, 9.17) is 0 Å². The van der Waals surface area contributed by atoms with E-state index in [2.05, 4.69) is 4.98 Å². The maximum absolute atomic E-state index is 9.55. The fraction of sp³-hybridized carbons (Fsp3) is 0.100. The molecule has 2 aromatic rings. The Hall–Kier alpha value is -1.35. The third-order valence-electron chi connectivity index (χ3n) is 1.90. The van der Waals surface area contributed by atoms with Gasteiger partial charge in [0.05, 0.1) is 0 Å². The molecule has 2 nitrogen and oxygen atoms in total. The lowest BCUT2D eigenvalue weighted by atomic mass is 10.1. The van der Waals surface area contributed by atoms with Gasteiger partial charge < -0.3 is 5.11 Å². The number of rotatable bonds is 1. The van der Waals surface area contributed by atoms with Gasteiger partial charge in [-0.25, -0.2) is 0 Å². The van der Waals surface area contributed by atoms with Crippen molar-refractivity contribution >= 4 is 11.3 Å². The Morgan fingerprint density at radius 3 is 2.85 bits per heavy atom.